The molecule has 19 heavy (non-hydrogen) atoms. The van der Waals surface area contributed by atoms with E-state index in [2.05, 4.69) is 20.7 Å². The molecule has 1 aromatic heterocycles. The normalized spacial score (nSPS) is 13.6. The smallest absolute Gasteiger partial charge is 0.269 e. The highest BCUT2D eigenvalue weighted by Crippen LogP contribution is 2.59. The number of alkyl halides is 1. The molecule has 0 aromatic carbocycles. The lowest BCUT2D eigenvalue weighted by atomic mass is 10.2. The molecule has 0 saturated carbocycles. The van der Waals surface area contributed by atoms with Crippen molar-refractivity contribution in [2.45, 2.75) is 6.42 Å². The van der Waals surface area contributed by atoms with Gasteiger partial charge in [-0.15, -0.1) is 0 Å². The van der Waals surface area contributed by atoms with E-state index in [1.165, 1.54) is 11.4 Å². The van der Waals surface area contributed by atoms with Gasteiger partial charge < -0.3 is 4.74 Å². The Morgan fingerprint density at radius 2 is 2.32 bits per heavy atom. The lowest BCUT2D eigenvalue weighted by molar-refractivity contribution is 0.102. The number of rotatable bonds is 8. The first-order valence-corrected chi connectivity index (χ1v) is 10.2. The van der Waals surface area contributed by atoms with Gasteiger partial charge in [0.1, 0.15) is 9.50 Å². The van der Waals surface area contributed by atoms with Crippen LogP contribution >= 0.6 is 46.8 Å². The molecule has 0 radical (unpaired) electrons. The van der Waals surface area contributed by atoms with Gasteiger partial charge in [-0.3, -0.25) is 4.79 Å². The summed E-state index contributed by atoms with van der Waals surface area (Å²) in [5.41, 5.74) is 0.406. The standard InChI is InChI=1S/C10H15BrClNO4S2/c1-17-4-2-3-13-19(15,16)18-7-8(5-10(18)12)9(14)6-11/h5,7,13H,2-4,6H2,1H3,(H-,15,16)/p+1. The Labute approximate surface area is 129 Å². The third-order valence-electron chi connectivity index (χ3n) is 2.20. The molecule has 0 saturated heterocycles. The van der Waals surface area contributed by atoms with E-state index in [1.807, 2.05) is 0 Å². The molecule has 0 aliphatic heterocycles. The van der Waals surface area contributed by atoms with Gasteiger partial charge in [0.2, 0.25) is 0 Å². The van der Waals surface area contributed by atoms with Crippen molar-refractivity contribution >= 4 is 52.6 Å². The van der Waals surface area contributed by atoms with Gasteiger partial charge in [0.15, 0.2) is 11.2 Å². The minimum Gasteiger partial charge on any atom is -0.385 e. The molecule has 1 aromatic rings. The SMILES string of the molecule is COCCCNS(O)(O)[s+]1cc(C(=O)CBr)cc1Cl. The van der Waals surface area contributed by atoms with E-state index in [0.717, 1.165) is 0 Å². The molecule has 9 heteroatoms. The molecular weight excluding hydrogens is 378 g/mol. The predicted molar refractivity (Wildman–Crippen MR) is 84.8 cm³/mol. The summed E-state index contributed by atoms with van der Waals surface area (Å²) in [7, 11) is -2.58. The molecular formula is C10H16BrClNO4S2+. The lowest BCUT2D eigenvalue weighted by Crippen LogP contribution is -2.19. The quantitative estimate of drug-likeness (QED) is 0.206. The number of carbonyl (C=O) groups is 1. The van der Waals surface area contributed by atoms with Gasteiger partial charge in [0.25, 0.3) is 4.34 Å². The zero-order chi connectivity index (χ0) is 14.5. The fourth-order valence-corrected chi connectivity index (χ4v) is 6.47. The third-order valence-corrected chi connectivity index (χ3v) is 8.33. The number of nitrogens with one attached hydrogen (secondary N) is 1. The first kappa shape index (κ1) is 17.4. The van der Waals surface area contributed by atoms with Crippen LogP contribution in [0.5, 0.6) is 0 Å². The number of ether oxygens (including phenoxy) is 1. The van der Waals surface area contributed by atoms with Crippen LogP contribution in [0.1, 0.15) is 16.8 Å². The van der Waals surface area contributed by atoms with Crippen LogP contribution in [0.4, 0.5) is 0 Å². The van der Waals surface area contributed by atoms with E-state index >= 15 is 0 Å². The van der Waals surface area contributed by atoms with Crippen LogP contribution in [-0.4, -0.2) is 40.5 Å². The second-order valence-corrected chi connectivity index (χ2v) is 9.83. The van der Waals surface area contributed by atoms with Gasteiger partial charge in [-0.25, -0.2) is 9.11 Å². The van der Waals surface area contributed by atoms with Crippen molar-refractivity contribution in [2.75, 3.05) is 25.6 Å². The Kier molecular flexibility index (Phi) is 7.26. The Hall–Kier alpha value is 0.330. The summed E-state index contributed by atoms with van der Waals surface area (Å²) in [4.78, 5) is 11.5. The van der Waals surface area contributed by atoms with E-state index in [0.29, 0.717) is 25.1 Å². The van der Waals surface area contributed by atoms with E-state index in [9.17, 15) is 13.9 Å². The first-order valence-electron chi connectivity index (χ1n) is 5.36. The topological polar surface area (TPSA) is 78.8 Å². The summed E-state index contributed by atoms with van der Waals surface area (Å²) in [6.07, 6.45) is 0.655. The molecule has 110 valence electrons. The molecule has 1 rings (SSSR count). The molecule has 3 N–H and O–H groups in total. The summed E-state index contributed by atoms with van der Waals surface area (Å²) in [6, 6.07) is 1.49. The van der Waals surface area contributed by atoms with Crippen molar-refractivity contribution < 1.29 is 18.6 Å². The summed E-state index contributed by atoms with van der Waals surface area (Å²) in [5, 5.41) is 1.70. The summed E-state index contributed by atoms with van der Waals surface area (Å²) >= 11 is 9.06. The van der Waals surface area contributed by atoms with Crippen LogP contribution in [0.15, 0.2) is 11.4 Å². The molecule has 0 spiro atoms. The number of methoxy groups -OCH3 is 1. The van der Waals surface area contributed by atoms with Gasteiger partial charge in [-0.1, -0.05) is 15.9 Å². The molecule has 5 nitrogen and oxygen atoms in total. The summed E-state index contributed by atoms with van der Waals surface area (Å²) in [5.74, 6) is -0.136. The Morgan fingerprint density at radius 1 is 1.63 bits per heavy atom. The van der Waals surface area contributed by atoms with E-state index in [1.54, 1.807) is 7.11 Å². The number of Topliss-reactive ketones (excluding diaryl/α,β-unsaturated/α-hetero) is 1. The highest BCUT2D eigenvalue weighted by molar-refractivity contribution is 9.09. The average molecular weight is 394 g/mol. The number of ketones is 1. The maximum Gasteiger partial charge on any atom is 0.269 e. The van der Waals surface area contributed by atoms with Crippen LogP contribution < -0.4 is 4.72 Å². The molecule has 1 unspecified atom stereocenters. The number of thiophene rings is 1. The third kappa shape index (κ3) is 4.98. The van der Waals surface area contributed by atoms with Gasteiger partial charge >= 0.3 is 0 Å². The van der Waals surface area contributed by atoms with Crippen molar-refractivity contribution in [2.24, 2.45) is 0 Å². The Bertz CT molecular complexity index is 441. The van der Waals surface area contributed by atoms with E-state index in [-0.39, 0.29) is 15.4 Å². The molecule has 0 bridgehead atoms. The molecule has 0 fully saturated rings. The van der Waals surface area contributed by atoms with Gasteiger partial charge in [0.05, 0.1) is 10.9 Å². The van der Waals surface area contributed by atoms with Crippen molar-refractivity contribution in [3.63, 3.8) is 0 Å². The number of carbonyl (C=O) groups excluding carboxylic acids is 1. The maximum atomic E-state index is 11.5. The zero-order valence-electron chi connectivity index (χ0n) is 10.3. The van der Waals surface area contributed by atoms with Crippen LogP contribution in [0.2, 0.25) is 4.34 Å². The van der Waals surface area contributed by atoms with Gasteiger partial charge in [-0.05, 0) is 18.0 Å². The highest BCUT2D eigenvalue weighted by Gasteiger charge is 2.32. The van der Waals surface area contributed by atoms with Gasteiger partial charge in [-0.2, -0.15) is 4.72 Å². The average Bonchev–Trinajstić information content (AvgIpc) is 2.76. The van der Waals surface area contributed by atoms with Crippen LogP contribution in [0.3, 0.4) is 0 Å². The van der Waals surface area contributed by atoms with Gasteiger partial charge in [0, 0.05) is 36.1 Å². The highest BCUT2D eigenvalue weighted by atomic mass is 79.9. The predicted octanol–water partition coefficient (Wildman–Crippen LogP) is 3.72. The van der Waals surface area contributed by atoms with Crippen molar-refractivity contribution in [3.05, 3.63) is 21.3 Å². The van der Waals surface area contributed by atoms with E-state index in [4.69, 9.17) is 16.3 Å². The second kappa shape index (κ2) is 7.94. The number of hydrogen-bond acceptors (Lipinski definition) is 5. The van der Waals surface area contributed by atoms with Crippen LogP contribution in [0, 0.1) is 0 Å². The molecule has 1 heterocycles. The fourth-order valence-electron chi connectivity index (χ4n) is 1.27. The van der Waals surface area contributed by atoms with Crippen LogP contribution in [0.25, 0.3) is 0 Å². The monoisotopic (exact) mass is 392 g/mol. The Morgan fingerprint density at radius 3 is 2.89 bits per heavy atom. The maximum absolute atomic E-state index is 11.5. The van der Waals surface area contributed by atoms with E-state index < -0.39 is 19.3 Å². The lowest BCUT2D eigenvalue weighted by Gasteiger charge is -2.23. The zero-order valence-corrected chi connectivity index (χ0v) is 14.2. The molecule has 0 amide bonds. The van der Waals surface area contributed by atoms with Crippen molar-refractivity contribution in [3.8, 4) is 0 Å². The molecule has 1 atom stereocenters. The first-order chi connectivity index (χ1) is 8.92. The minimum atomic E-state index is -3.09. The van der Waals surface area contributed by atoms with Crippen LogP contribution in [-0.2, 0) is 4.74 Å². The Balaban J connectivity index is 2.77. The summed E-state index contributed by atoms with van der Waals surface area (Å²) < 4.78 is 28.0. The molecule has 0 aliphatic rings. The summed E-state index contributed by atoms with van der Waals surface area (Å²) in [6.45, 7) is 0.933. The van der Waals surface area contributed by atoms with Crippen molar-refractivity contribution in [1.82, 2.24) is 4.72 Å². The molecule has 0 aliphatic carbocycles. The number of halogens is 2. The fraction of sp³-hybridized carbons (Fsp3) is 0.500. The second-order valence-electron chi connectivity index (χ2n) is 3.61. The number of hydrogen-bond donors (Lipinski definition) is 3. The largest absolute Gasteiger partial charge is 0.385 e. The van der Waals surface area contributed by atoms with Crippen molar-refractivity contribution in [1.29, 1.82) is 0 Å². The minimum absolute atomic E-state index is 0.136.